The van der Waals surface area contributed by atoms with Crippen LogP contribution in [0.2, 0.25) is 0 Å². The molecule has 0 bridgehead atoms. The number of carbonyl (C=O) groups is 1. The van der Waals surface area contributed by atoms with Crippen molar-refractivity contribution >= 4 is 5.97 Å². The quantitative estimate of drug-likeness (QED) is 0.863. The molecule has 0 aromatic heterocycles. The van der Waals surface area contributed by atoms with Crippen LogP contribution in [0.1, 0.15) is 18.4 Å². The highest BCUT2D eigenvalue weighted by atomic mass is 19.1. The van der Waals surface area contributed by atoms with E-state index in [2.05, 4.69) is 0 Å². The third kappa shape index (κ3) is 2.15. The van der Waals surface area contributed by atoms with E-state index in [0.717, 1.165) is 18.2 Å². The van der Waals surface area contributed by atoms with Crippen molar-refractivity contribution in [3.05, 3.63) is 35.4 Å². The Morgan fingerprint density at radius 2 is 1.71 bits per heavy atom. The van der Waals surface area contributed by atoms with Crippen LogP contribution in [0.5, 0.6) is 0 Å². The van der Waals surface area contributed by atoms with E-state index < -0.39 is 23.0 Å². The van der Waals surface area contributed by atoms with Crippen molar-refractivity contribution in [3.8, 4) is 0 Å². The summed E-state index contributed by atoms with van der Waals surface area (Å²) < 4.78 is 31.4. The molecule has 0 spiro atoms. The van der Waals surface area contributed by atoms with Crippen LogP contribution in [-0.2, 0) is 14.9 Å². The van der Waals surface area contributed by atoms with Crippen LogP contribution in [0.4, 0.5) is 8.78 Å². The van der Waals surface area contributed by atoms with Crippen molar-refractivity contribution in [3.63, 3.8) is 0 Å². The first kappa shape index (κ1) is 12.0. The molecular weight excluding hydrogens is 230 g/mol. The summed E-state index contributed by atoms with van der Waals surface area (Å²) in [6.45, 7) is 0.564. The summed E-state index contributed by atoms with van der Waals surface area (Å²) in [5.41, 5.74) is -1.06. The van der Waals surface area contributed by atoms with Crippen LogP contribution in [0, 0.1) is 11.6 Å². The van der Waals surface area contributed by atoms with Gasteiger partial charge in [-0.05, 0) is 30.5 Å². The van der Waals surface area contributed by atoms with E-state index in [1.807, 2.05) is 0 Å². The van der Waals surface area contributed by atoms with Crippen LogP contribution in [0.3, 0.4) is 0 Å². The summed E-state index contributed by atoms with van der Waals surface area (Å²) in [7, 11) is 0. The molecule has 17 heavy (non-hydrogen) atoms. The Bertz CT molecular complexity index is 419. The number of hydrogen-bond acceptors (Lipinski definition) is 2. The predicted octanol–water partition coefficient (Wildman–Crippen LogP) is 2.10. The van der Waals surface area contributed by atoms with E-state index in [9.17, 15) is 18.7 Å². The molecule has 0 unspecified atom stereocenters. The van der Waals surface area contributed by atoms with Gasteiger partial charge in [0.05, 0.1) is 5.41 Å². The molecule has 1 aromatic carbocycles. The first-order valence-electron chi connectivity index (χ1n) is 5.32. The summed E-state index contributed by atoms with van der Waals surface area (Å²) in [6, 6.07) is 2.91. The highest BCUT2D eigenvalue weighted by molar-refractivity contribution is 5.81. The van der Waals surface area contributed by atoms with Gasteiger partial charge in [0.15, 0.2) is 0 Å². The van der Waals surface area contributed by atoms with Gasteiger partial charge < -0.3 is 9.84 Å². The summed E-state index contributed by atoms with van der Waals surface area (Å²) in [5, 5.41) is 9.32. The molecule has 0 saturated carbocycles. The largest absolute Gasteiger partial charge is 0.481 e. The number of ether oxygens (including phenoxy) is 1. The van der Waals surface area contributed by atoms with Gasteiger partial charge in [0.2, 0.25) is 0 Å². The number of hydrogen-bond donors (Lipinski definition) is 1. The third-order valence-corrected chi connectivity index (χ3v) is 3.17. The molecule has 0 atom stereocenters. The van der Waals surface area contributed by atoms with Crippen molar-refractivity contribution in [2.75, 3.05) is 13.2 Å². The average molecular weight is 242 g/mol. The lowest BCUT2D eigenvalue weighted by atomic mass is 9.74. The molecule has 5 heteroatoms. The molecule has 3 nitrogen and oxygen atoms in total. The Morgan fingerprint density at radius 1 is 1.18 bits per heavy atom. The first-order valence-corrected chi connectivity index (χ1v) is 5.32. The Labute approximate surface area is 97.0 Å². The number of carboxylic acid groups (broad SMARTS) is 1. The number of rotatable bonds is 2. The smallest absolute Gasteiger partial charge is 0.314 e. The second-order valence-corrected chi connectivity index (χ2v) is 4.16. The van der Waals surface area contributed by atoms with E-state index in [-0.39, 0.29) is 31.6 Å². The number of benzene rings is 1. The average Bonchev–Trinajstić information content (AvgIpc) is 2.28. The van der Waals surface area contributed by atoms with Gasteiger partial charge >= 0.3 is 5.97 Å². The fraction of sp³-hybridized carbons (Fsp3) is 0.417. The van der Waals surface area contributed by atoms with Crippen LogP contribution in [-0.4, -0.2) is 24.3 Å². The zero-order valence-corrected chi connectivity index (χ0v) is 9.08. The standard InChI is InChI=1S/C12H12F2O3/c13-9-5-8(6-10(14)7-9)12(11(15)16)1-3-17-4-2-12/h5-7H,1-4H2,(H,15,16). The van der Waals surface area contributed by atoms with Gasteiger partial charge in [-0.2, -0.15) is 0 Å². The van der Waals surface area contributed by atoms with Crippen LogP contribution >= 0.6 is 0 Å². The van der Waals surface area contributed by atoms with Gasteiger partial charge in [-0.25, -0.2) is 8.78 Å². The van der Waals surface area contributed by atoms with Crippen molar-refractivity contribution in [2.45, 2.75) is 18.3 Å². The minimum atomic E-state index is -1.23. The second kappa shape index (κ2) is 4.41. The lowest BCUT2D eigenvalue weighted by Gasteiger charge is -2.33. The Morgan fingerprint density at radius 3 is 2.18 bits per heavy atom. The topological polar surface area (TPSA) is 46.5 Å². The van der Waals surface area contributed by atoms with Crippen molar-refractivity contribution < 1.29 is 23.4 Å². The molecule has 1 aliphatic heterocycles. The second-order valence-electron chi connectivity index (χ2n) is 4.16. The third-order valence-electron chi connectivity index (χ3n) is 3.17. The Balaban J connectivity index is 2.48. The van der Waals surface area contributed by atoms with E-state index in [4.69, 9.17) is 4.74 Å². The first-order chi connectivity index (χ1) is 8.04. The van der Waals surface area contributed by atoms with E-state index in [1.165, 1.54) is 0 Å². The maximum atomic E-state index is 13.2. The summed E-state index contributed by atoms with van der Waals surface area (Å²) in [4.78, 5) is 11.4. The van der Waals surface area contributed by atoms with E-state index >= 15 is 0 Å². The lowest BCUT2D eigenvalue weighted by Crippen LogP contribution is -2.41. The van der Waals surface area contributed by atoms with Gasteiger partial charge in [0.1, 0.15) is 11.6 Å². The van der Waals surface area contributed by atoms with E-state index in [0.29, 0.717) is 0 Å². The molecule has 1 aliphatic rings. The fourth-order valence-electron chi connectivity index (χ4n) is 2.18. The van der Waals surface area contributed by atoms with Crippen LogP contribution < -0.4 is 0 Å². The Hall–Kier alpha value is -1.49. The normalized spacial score (nSPS) is 18.9. The minimum Gasteiger partial charge on any atom is -0.481 e. The summed E-state index contributed by atoms with van der Waals surface area (Å²) in [6.07, 6.45) is 0.455. The van der Waals surface area contributed by atoms with Crippen LogP contribution in [0.15, 0.2) is 18.2 Å². The lowest BCUT2D eigenvalue weighted by molar-refractivity contribution is -0.147. The highest BCUT2D eigenvalue weighted by Gasteiger charge is 2.42. The molecule has 2 rings (SSSR count). The van der Waals surface area contributed by atoms with Crippen LogP contribution in [0.25, 0.3) is 0 Å². The molecule has 92 valence electrons. The maximum absolute atomic E-state index is 13.2. The maximum Gasteiger partial charge on any atom is 0.314 e. The number of halogens is 2. The summed E-state index contributed by atoms with van der Waals surface area (Å²) >= 11 is 0. The van der Waals surface area contributed by atoms with Gasteiger partial charge in [-0.15, -0.1) is 0 Å². The highest BCUT2D eigenvalue weighted by Crippen LogP contribution is 2.35. The van der Waals surface area contributed by atoms with Gasteiger partial charge in [-0.1, -0.05) is 0 Å². The molecule has 0 aliphatic carbocycles. The molecule has 0 radical (unpaired) electrons. The molecule has 1 heterocycles. The molecule has 0 amide bonds. The fourth-order valence-corrected chi connectivity index (χ4v) is 2.18. The number of carboxylic acids is 1. The predicted molar refractivity (Wildman–Crippen MR) is 55.7 cm³/mol. The molecule has 1 fully saturated rings. The van der Waals surface area contributed by atoms with E-state index in [1.54, 1.807) is 0 Å². The minimum absolute atomic E-state index is 0.172. The van der Waals surface area contributed by atoms with Crippen molar-refractivity contribution in [2.24, 2.45) is 0 Å². The molecule has 1 saturated heterocycles. The zero-order valence-electron chi connectivity index (χ0n) is 9.08. The van der Waals surface area contributed by atoms with Crippen molar-refractivity contribution in [1.82, 2.24) is 0 Å². The SMILES string of the molecule is O=C(O)C1(c2cc(F)cc(F)c2)CCOCC1. The molecular formula is C12H12F2O3. The monoisotopic (exact) mass is 242 g/mol. The molecule has 1 N–H and O–H groups in total. The number of aliphatic carboxylic acids is 1. The molecule has 1 aromatic rings. The Kier molecular flexibility index (Phi) is 3.11. The zero-order chi connectivity index (χ0) is 12.5. The van der Waals surface area contributed by atoms with Gasteiger partial charge in [0.25, 0.3) is 0 Å². The summed E-state index contributed by atoms with van der Waals surface area (Å²) in [5.74, 6) is -2.58. The van der Waals surface area contributed by atoms with Gasteiger partial charge in [-0.3, -0.25) is 4.79 Å². The van der Waals surface area contributed by atoms with Gasteiger partial charge in [0, 0.05) is 19.3 Å². The van der Waals surface area contributed by atoms with Crippen molar-refractivity contribution in [1.29, 1.82) is 0 Å².